The van der Waals surface area contributed by atoms with Gasteiger partial charge in [0.25, 0.3) is 5.88 Å². The van der Waals surface area contributed by atoms with Crippen molar-refractivity contribution in [2.75, 3.05) is 25.7 Å². The number of rotatable bonds is 8. The first-order chi connectivity index (χ1) is 17.1. The smallest absolute Gasteiger partial charge is 0.329 e. The van der Waals surface area contributed by atoms with E-state index in [0.29, 0.717) is 23.4 Å². The van der Waals surface area contributed by atoms with Crippen LogP contribution in [0, 0.1) is 11.6 Å². The fourth-order valence-electron chi connectivity index (χ4n) is 4.20. The lowest BCUT2D eigenvalue weighted by Gasteiger charge is -2.19. The molecule has 0 saturated heterocycles. The molecule has 0 fully saturated rings. The summed E-state index contributed by atoms with van der Waals surface area (Å²) >= 11 is 0. The molecule has 2 aromatic heterocycles. The van der Waals surface area contributed by atoms with E-state index in [1.807, 2.05) is 0 Å². The molecule has 190 valence electrons. The Hall–Kier alpha value is -3.73. The summed E-state index contributed by atoms with van der Waals surface area (Å²) in [5, 5.41) is 0. The second kappa shape index (κ2) is 9.73. The molecule has 0 N–H and O–H groups in total. The van der Waals surface area contributed by atoms with Gasteiger partial charge in [0.05, 0.1) is 47.8 Å². The maximum Gasteiger partial charge on any atom is 0.329 e. The molecule has 1 unspecified atom stereocenters. The van der Waals surface area contributed by atoms with Gasteiger partial charge in [-0.3, -0.25) is 9.13 Å². The Bertz CT molecular complexity index is 1590. The first kappa shape index (κ1) is 25.4. The number of sulfone groups is 1. The van der Waals surface area contributed by atoms with E-state index < -0.39 is 39.0 Å². The average Bonchev–Trinajstić information content (AvgIpc) is 3.07. The zero-order valence-corrected chi connectivity index (χ0v) is 21.0. The van der Waals surface area contributed by atoms with Crippen LogP contribution in [0.15, 0.2) is 53.3 Å². The molecule has 0 radical (unpaired) electrons. The number of benzene rings is 2. The molecule has 0 spiro atoms. The highest BCUT2D eigenvalue weighted by molar-refractivity contribution is 7.90. The van der Waals surface area contributed by atoms with Crippen LogP contribution in [0.5, 0.6) is 11.6 Å². The van der Waals surface area contributed by atoms with Crippen molar-refractivity contribution >= 4 is 20.9 Å². The summed E-state index contributed by atoms with van der Waals surface area (Å²) in [7, 11) is -0.615. The van der Waals surface area contributed by atoms with Gasteiger partial charge in [-0.25, -0.2) is 27.0 Å². The van der Waals surface area contributed by atoms with Gasteiger partial charge in [-0.1, -0.05) is 12.1 Å². The van der Waals surface area contributed by atoms with Crippen LogP contribution >= 0.6 is 0 Å². The number of imidazole rings is 1. The normalized spacial score (nSPS) is 12.6. The maximum atomic E-state index is 14.4. The first-order valence-electron chi connectivity index (χ1n) is 11.1. The molecular weight excluding hydrogens is 492 g/mol. The Morgan fingerprint density at radius 1 is 1.06 bits per heavy atom. The number of ether oxygens (including phenoxy) is 2. The number of fused-ring (bicyclic) bond motifs is 1. The van der Waals surface area contributed by atoms with Crippen molar-refractivity contribution in [1.29, 1.82) is 0 Å². The number of hydrogen-bond donors (Lipinski definition) is 0. The van der Waals surface area contributed by atoms with Gasteiger partial charge in [0, 0.05) is 13.3 Å². The van der Waals surface area contributed by atoms with Crippen LogP contribution in [0.2, 0.25) is 0 Å². The third-order valence-electron chi connectivity index (χ3n) is 5.80. The van der Waals surface area contributed by atoms with E-state index in [1.165, 1.54) is 41.5 Å². The van der Waals surface area contributed by atoms with E-state index in [0.717, 1.165) is 18.4 Å². The summed E-state index contributed by atoms with van der Waals surface area (Å²) < 4.78 is 67.1. The second-order valence-electron chi connectivity index (χ2n) is 8.30. The standard InChI is InChI=1S/C25H25F2N3O5S/c1-5-35-24-22(34-3)12-10-18(28-24)21(14-36(4,32)33)30-19-11-9-15(13-20(19)29(2)25(30)31)23-16(26)7-6-8-17(23)27/h6-13,21H,5,14H2,1-4H3. The fourth-order valence-corrected chi connectivity index (χ4v) is 5.09. The number of aromatic nitrogens is 3. The predicted molar refractivity (Wildman–Crippen MR) is 132 cm³/mol. The van der Waals surface area contributed by atoms with Crippen LogP contribution in [0.3, 0.4) is 0 Å². The first-order valence-corrected chi connectivity index (χ1v) is 13.1. The minimum absolute atomic E-state index is 0.168. The van der Waals surface area contributed by atoms with E-state index in [2.05, 4.69) is 4.98 Å². The van der Waals surface area contributed by atoms with E-state index in [4.69, 9.17) is 9.47 Å². The highest BCUT2D eigenvalue weighted by Gasteiger charge is 2.27. The number of hydrogen-bond acceptors (Lipinski definition) is 6. The molecule has 1 atom stereocenters. The summed E-state index contributed by atoms with van der Waals surface area (Å²) in [5.41, 5.74) is 0.547. The second-order valence-corrected chi connectivity index (χ2v) is 10.5. The SMILES string of the molecule is CCOc1nc(C(CS(C)(=O)=O)n2c(=O)n(C)c3cc(-c4c(F)cccc4F)ccc32)ccc1OC. The monoisotopic (exact) mass is 517 g/mol. The molecule has 0 aliphatic carbocycles. The van der Waals surface area contributed by atoms with Crippen LogP contribution in [-0.2, 0) is 16.9 Å². The summed E-state index contributed by atoms with van der Waals surface area (Å²) in [5.74, 6) is -1.36. The summed E-state index contributed by atoms with van der Waals surface area (Å²) in [6.45, 7) is 2.07. The van der Waals surface area contributed by atoms with Crippen molar-refractivity contribution < 1.29 is 26.7 Å². The van der Waals surface area contributed by atoms with Gasteiger partial charge in [0.2, 0.25) is 0 Å². The Labute approximate surface area is 206 Å². The molecule has 0 bridgehead atoms. The molecule has 0 saturated carbocycles. The number of halogens is 2. The van der Waals surface area contributed by atoms with E-state index in [-0.39, 0.29) is 22.7 Å². The van der Waals surface area contributed by atoms with Crippen LogP contribution in [0.4, 0.5) is 8.78 Å². The molecule has 36 heavy (non-hydrogen) atoms. The predicted octanol–water partition coefficient (Wildman–Crippen LogP) is 3.72. The van der Waals surface area contributed by atoms with Crippen molar-refractivity contribution in [3.8, 4) is 22.8 Å². The lowest BCUT2D eigenvalue weighted by molar-refractivity contribution is 0.296. The van der Waals surface area contributed by atoms with E-state index in [9.17, 15) is 22.0 Å². The topological polar surface area (TPSA) is 92.4 Å². The van der Waals surface area contributed by atoms with Crippen molar-refractivity contribution in [2.24, 2.45) is 7.05 Å². The van der Waals surface area contributed by atoms with Crippen molar-refractivity contribution in [1.82, 2.24) is 14.1 Å². The molecule has 2 aromatic carbocycles. The Morgan fingerprint density at radius 3 is 2.36 bits per heavy atom. The minimum Gasteiger partial charge on any atom is -0.491 e. The number of nitrogens with zero attached hydrogens (tertiary/aromatic N) is 3. The van der Waals surface area contributed by atoms with Gasteiger partial charge in [-0.05, 0) is 48.9 Å². The Morgan fingerprint density at radius 2 is 1.75 bits per heavy atom. The van der Waals surface area contributed by atoms with Gasteiger partial charge in [-0.15, -0.1) is 0 Å². The van der Waals surface area contributed by atoms with Crippen LogP contribution in [0.1, 0.15) is 18.7 Å². The summed E-state index contributed by atoms with van der Waals surface area (Å²) in [6.07, 6.45) is 1.07. The molecule has 0 aliphatic heterocycles. The molecule has 2 heterocycles. The molecule has 0 aliphatic rings. The van der Waals surface area contributed by atoms with Crippen molar-refractivity contribution in [3.63, 3.8) is 0 Å². The van der Waals surface area contributed by atoms with Gasteiger partial charge >= 0.3 is 5.69 Å². The number of pyridine rings is 1. The van der Waals surface area contributed by atoms with Crippen molar-refractivity contribution in [2.45, 2.75) is 13.0 Å². The molecule has 4 rings (SSSR count). The third kappa shape index (κ3) is 4.70. The molecule has 4 aromatic rings. The fraction of sp³-hybridized carbons (Fsp3) is 0.280. The maximum absolute atomic E-state index is 14.4. The largest absolute Gasteiger partial charge is 0.491 e. The average molecular weight is 518 g/mol. The zero-order chi connectivity index (χ0) is 26.2. The summed E-state index contributed by atoms with van der Waals surface area (Å²) in [6, 6.07) is 10.3. The number of methoxy groups -OCH3 is 1. The number of aryl methyl sites for hydroxylation is 1. The summed E-state index contributed by atoms with van der Waals surface area (Å²) in [4.78, 5) is 17.9. The highest BCUT2D eigenvalue weighted by Crippen LogP contribution is 2.32. The van der Waals surface area contributed by atoms with Crippen molar-refractivity contribution in [3.05, 3.63) is 76.3 Å². The van der Waals surface area contributed by atoms with Crippen LogP contribution in [-0.4, -0.2) is 48.3 Å². The zero-order valence-electron chi connectivity index (χ0n) is 20.2. The third-order valence-corrected chi connectivity index (χ3v) is 6.72. The molecule has 11 heteroatoms. The van der Waals surface area contributed by atoms with Gasteiger partial charge in [-0.2, -0.15) is 0 Å². The van der Waals surface area contributed by atoms with Gasteiger partial charge in [0.15, 0.2) is 5.75 Å². The van der Waals surface area contributed by atoms with Crippen LogP contribution < -0.4 is 15.2 Å². The van der Waals surface area contributed by atoms with Gasteiger partial charge < -0.3 is 9.47 Å². The van der Waals surface area contributed by atoms with E-state index >= 15 is 0 Å². The molecular formula is C25H25F2N3O5S. The minimum atomic E-state index is -3.58. The quantitative estimate of drug-likeness (QED) is 0.354. The van der Waals surface area contributed by atoms with Crippen LogP contribution in [0.25, 0.3) is 22.2 Å². The molecule has 8 nitrogen and oxygen atoms in total. The Balaban J connectivity index is 1.95. The highest BCUT2D eigenvalue weighted by atomic mass is 32.2. The Kier molecular flexibility index (Phi) is 6.85. The lowest BCUT2D eigenvalue weighted by atomic mass is 10.0. The van der Waals surface area contributed by atoms with Gasteiger partial charge in [0.1, 0.15) is 21.5 Å². The molecule has 0 amide bonds. The van der Waals surface area contributed by atoms with E-state index in [1.54, 1.807) is 25.1 Å². The lowest BCUT2D eigenvalue weighted by Crippen LogP contribution is -2.31.